The Labute approximate surface area is 83.0 Å². The second-order valence-corrected chi connectivity index (χ2v) is 3.52. The fraction of sp³-hybridized carbons (Fsp3) is 0.538. The molecule has 0 atom stereocenters. The molecule has 0 spiro atoms. The number of aryl methyl sites for hydroxylation is 1. The zero-order valence-electron chi connectivity index (χ0n) is 9.59. The molecule has 0 bridgehead atoms. The molecule has 0 heterocycles. The van der Waals surface area contributed by atoms with E-state index in [1.165, 1.54) is 17.5 Å². The second-order valence-electron chi connectivity index (χ2n) is 3.52. The van der Waals surface area contributed by atoms with Crippen molar-refractivity contribution in [3.63, 3.8) is 0 Å². The highest BCUT2D eigenvalue weighted by Gasteiger charge is 1.98. The molecule has 13 heavy (non-hydrogen) atoms. The van der Waals surface area contributed by atoms with E-state index in [1.807, 2.05) is 13.8 Å². The Bertz CT molecular complexity index is 223. The Morgan fingerprint density at radius 2 is 1.62 bits per heavy atom. The standard InChI is InChI=1S/C11H16.C2H6/c1-9(2)8-11-7-5-4-6-10(11)3;1-2/h4-7,9H,8H2,1-3H3;1-2H3. The molecule has 0 aliphatic rings. The Balaban J connectivity index is 0.000000671. The van der Waals surface area contributed by atoms with E-state index in [2.05, 4.69) is 45.0 Å². The lowest BCUT2D eigenvalue weighted by Crippen LogP contribution is -1.95. The average molecular weight is 178 g/mol. The first-order valence-corrected chi connectivity index (χ1v) is 5.24. The van der Waals surface area contributed by atoms with Gasteiger partial charge in [0.15, 0.2) is 0 Å². The SMILES string of the molecule is CC.Cc1ccccc1CC(C)C. The first kappa shape index (κ1) is 12.2. The van der Waals surface area contributed by atoms with E-state index < -0.39 is 0 Å². The second kappa shape index (κ2) is 6.71. The van der Waals surface area contributed by atoms with Gasteiger partial charge in [0, 0.05) is 0 Å². The van der Waals surface area contributed by atoms with Gasteiger partial charge in [-0.1, -0.05) is 52.0 Å². The van der Waals surface area contributed by atoms with E-state index in [0.717, 1.165) is 5.92 Å². The van der Waals surface area contributed by atoms with Crippen molar-refractivity contribution < 1.29 is 0 Å². The van der Waals surface area contributed by atoms with Crippen molar-refractivity contribution in [1.29, 1.82) is 0 Å². The van der Waals surface area contributed by atoms with Crippen LogP contribution in [-0.4, -0.2) is 0 Å². The number of benzene rings is 1. The first-order valence-electron chi connectivity index (χ1n) is 5.24. The predicted molar refractivity (Wildman–Crippen MR) is 61.1 cm³/mol. The van der Waals surface area contributed by atoms with E-state index in [-0.39, 0.29) is 0 Å². The summed E-state index contributed by atoms with van der Waals surface area (Å²) < 4.78 is 0. The lowest BCUT2D eigenvalue weighted by atomic mass is 9.99. The van der Waals surface area contributed by atoms with Crippen LogP contribution in [0.25, 0.3) is 0 Å². The van der Waals surface area contributed by atoms with Gasteiger partial charge in [-0.15, -0.1) is 0 Å². The molecule has 1 aromatic rings. The van der Waals surface area contributed by atoms with Crippen molar-refractivity contribution in [3.05, 3.63) is 35.4 Å². The number of hydrogen-bond donors (Lipinski definition) is 0. The molecule has 0 nitrogen and oxygen atoms in total. The van der Waals surface area contributed by atoms with Gasteiger partial charge < -0.3 is 0 Å². The van der Waals surface area contributed by atoms with E-state index in [9.17, 15) is 0 Å². The van der Waals surface area contributed by atoms with Crippen LogP contribution in [0.3, 0.4) is 0 Å². The van der Waals surface area contributed by atoms with Crippen LogP contribution in [0.2, 0.25) is 0 Å². The van der Waals surface area contributed by atoms with Gasteiger partial charge in [0.2, 0.25) is 0 Å². The molecular weight excluding hydrogens is 156 g/mol. The van der Waals surface area contributed by atoms with Crippen LogP contribution < -0.4 is 0 Å². The van der Waals surface area contributed by atoms with Crippen molar-refractivity contribution in [2.24, 2.45) is 5.92 Å². The summed E-state index contributed by atoms with van der Waals surface area (Å²) >= 11 is 0. The van der Waals surface area contributed by atoms with Crippen LogP contribution in [0.4, 0.5) is 0 Å². The third kappa shape index (κ3) is 4.72. The van der Waals surface area contributed by atoms with Crippen LogP contribution in [0, 0.1) is 12.8 Å². The van der Waals surface area contributed by atoms with Crippen molar-refractivity contribution in [1.82, 2.24) is 0 Å². The predicted octanol–water partition coefficient (Wildman–Crippen LogP) is 4.22. The zero-order valence-corrected chi connectivity index (χ0v) is 9.59. The molecule has 0 fully saturated rings. The zero-order chi connectivity index (χ0) is 10.3. The third-order valence-corrected chi connectivity index (χ3v) is 1.89. The minimum absolute atomic E-state index is 0.760. The highest BCUT2D eigenvalue weighted by Crippen LogP contribution is 2.11. The molecule has 0 aliphatic heterocycles. The monoisotopic (exact) mass is 178 g/mol. The van der Waals surface area contributed by atoms with Crippen molar-refractivity contribution >= 4 is 0 Å². The van der Waals surface area contributed by atoms with Gasteiger partial charge in [-0.2, -0.15) is 0 Å². The Kier molecular flexibility index (Phi) is 6.30. The number of rotatable bonds is 2. The summed E-state index contributed by atoms with van der Waals surface area (Å²) in [6.45, 7) is 10.7. The maximum absolute atomic E-state index is 2.26. The molecule has 0 unspecified atom stereocenters. The molecule has 1 rings (SSSR count). The van der Waals surface area contributed by atoms with E-state index in [1.54, 1.807) is 0 Å². The summed E-state index contributed by atoms with van der Waals surface area (Å²) in [5, 5.41) is 0. The lowest BCUT2D eigenvalue weighted by Gasteiger charge is -2.07. The Hall–Kier alpha value is -0.780. The van der Waals surface area contributed by atoms with Gasteiger partial charge >= 0.3 is 0 Å². The fourth-order valence-electron chi connectivity index (χ4n) is 1.28. The summed E-state index contributed by atoms with van der Waals surface area (Å²) in [7, 11) is 0. The van der Waals surface area contributed by atoms with Gasteiger partial charge in [-0.25, -0.2) is 0 Å². The van der Waals surface area contributed by atoms with Crippen LogP contribution in [-0.2, 0) is 6.42 Å². The smallest absolute Gasteiger partial charge is 0.0253 e. The van der Waals surface area contributed by atoms with Crippen molar-refractivity contribution in [2.75, 3.05) is 0 Å². The molecule has 0 heteroatoms. The van der Waals surface area contributed by atoms with E-state index >= 15 is 0 Å². The maximum Gasteiger partial charge on any atom is -0.0253 e. The summed E-state index contributed by atoms with van der Waals surface area (Å²) in [6.07, 6.45) is 1.20. The average Bonchev–Trinajstić information content (AvgIpc) is 2.12. The van der Waals surface area contributed by atoms with E-state index in [0.29, 0.717) is 0 Å². The van der Waals surface area contributed by atoms with Gasteiger partial charge in [-0.3, -0.25) is 0 Å². The van der Waals surface area contributed by atoms with Gasteiger partial charge in [0.1, 0.15) is 0 Å². The van der Waals surface area contributed by atoms with Crippen LogP contribution in [0.5, 0.6) is 0 Å². The normalized spacial score (nSPS) is 9.38. The summed E-state index contributed by atoms with van der Waals surface area (Å²) in [5.41, 5.74) is 2.91. The lowest BCUT2D eigenvalue weighted by molar-refractivity contribution is 0.645. The molecule has 0 aromatic heterocycles. The third-order valence-electron chi connectivity index (χ3n) is 1.89. The van der Waals surface area contributed by atoms with Crippen LogP contribution >= 0.6 is 0 Å². The maximum atomic E-state index is 2.26. The minimum Gasteiger partial charge on any atom is -0.0683 e. The molecular formula is C13H22. The molecule has 0 saturated heterocycles. The highest BCUT2D eigenvalue weighted by molar-refractivity contribution is 5.25. The molecule has 0 saturated carbocycles. The van der Waals surface area contributed by atoms with Crippen LogP contribution in [0.15, 0.2) is 24.3 Å². The molecule has 0 amide bonds. The van der Waals surface area contributed by atoms with Crippen LogP contribution in [0.1, 0.15) is 38.8 Å². The molecule has 0 N–H and O–H groups in total. The first-order chi connectivity index (χ1) is 6.20. The Morgan fingerprint density at radius 1 is 1.08 bits per heavy atom. The highest BCUT2D eigenvalue weighted by atomic mass is 14.0. The van der Waals surface area contributed by atoms with Gasteiger partial charge in [-0.05, 0) is 30.4 Å². The molecule has 74 valence electrons. The molecule has 0 radical (unpaired) electrons. The summed E-state index contributed by atoms with van der Waals surface area (Å²) in [5.74, 6) is 0.760. The van der Waals surface area contributed by atoms with Crippen molar-refractivity contribution in [2.45, 2.75) is 41.0 Å². The minimum atomic E-state index is 0.760. The topological polar surface area (TPSA) is 0 Å². The van der Waals surface area contributed by atoms with Gasteiger partial charge in [0.05, 0.1) is 0 Å². The summed E-state index contributed by atoms with van der Waals surface area (Å²) in [4.78, 5) is 0. The van der Waals surface area contributed by atoms with Gasteiger partial charge in [0.25, 0.3) is 0 Å². The Morgan fingerprint density at radius 3 is 2.08 bits per heavy atom. The number of hydrogen-bond acceptors (Lipinski definition) is 0. The van der Waals surface area contributed by atoms with Crippen molar-refractivity contribution in [3.8, 4) is 0 Å². The summed E-state index contributed by atoms with van der Waals surface area (Å²) in [6, 6.07) is 8.61. The van der Waals surface area contributed by atoms with E-state index in [4.69, 9.17) is 0 Å². The largest absolute Gasteiger partial charge is 0.0683 e. The quantitative estimate of drug-likeness (QED) is 0.636. The molecule has 1 aromatic carbocycles. The fourth-order valence-corrected chi connectivity index (χ4v) is 1.28. The molecule has 0 aliphatic carbocycles.